The van der Waals surface area contributed by atoms with Crippen molar-refractivity contribution in [2.45, 2.75) is 19.5 Å². The Bertz CT molecular complexity index is 992. The molecular weight excluding hydrogens is 363 g/mol. The fourth-order valence-corrected chi connectivity index (χ4v) is 3.47. The van der Waals surface area contributed by atoms with Gasteiger partial charge in [-0.25, -0.2) is 4.68 Å². The van der Waals surface area contributed by atoms with Crippen LogP contribution in [0.2, 0.25) is 5.02 Å². The molecule has 1 N–H and O–H groups in total. The predicted octanol–water partition coefficient (Wildman–Crippen LogP) is 5.49. The maximum Gasteiger partial charge on any atom is 0.417 e. The molecule has 3 nitrogen and oxygen atoms in total. The van der Waals surface area contributed by atoms with E-state index < -0.39 is 11.7 Å². The Kier molecular flexibility index (Phi) is 3.95. The summed E-state index contributed by atoms with van der Waals surface area (Å²) in [5.74, 6) is 0.828. The first kappa shape index (κ1) is 17.0. The first-order valence-electron chi connectivity index (χ1n) is 8.14. The minimum Gasteiger partial charge on any atom is -0.369 e. The van der Waals surface area contributed by atoms with E-state index in [1.165, 1.54) is 6.07 Å². The number of hydrogen-bond acceptors (Lipinski definition) is 2. The van der Waals surface area contributed by atoms with Crippen molar-refractivity contribution in [2.24, 2.45) is 0 Å². The predicted molar refractivity (Wildman–Crippen MR) is 95.9 cm³/mol. The van der Waals surface area contributed by atoms with Gasteiger partial charge in [0.25, 0.3) is 0 Å². The summed E-state index contributed by atoms with van der Waals surface area (Å²) in [6.45, 7) is 2.71. The van der Waals surface area contributed by atoms with E-state index in [2.05, 4.69) is 10.4 Å². The maximum atomic E-state index is 13.2. The van der Waals surface area contributed by atoms with Crippen LogP contribution in [0.25, 0.3) is 16.9 Å². The molecule has 0 atom stereocenters. The molecule has 0 amide bonds. The van der Waals surface area contributed by atoms with Gasteiger partial charge in [0, 0.05) is 17.7 Å². The van der Waals surface area contributed by atoms with E-state index >= 15 is 0 Å². The van der Waals surface area contributed by atoms with Gasteiger partial charge in [0.15, 0.2) is 0 Å². The molecule has 0 fully saturated rings. The molecule has 0 saturated carbocycles. The van der Waals surface area contributed by atoms with Gasteiger partial charge >= 0.3 is 6.18 Å². The second-order valence-electron chi connectivity index (χ2n) is 6.30. The van der Waals surface area contributed by atoms with E-state index in [1.807, 2.05) is 31.2 Å². The van der Waals surface area contributed by atoms with Crippen molar-refractivity contribution in [3.63, 3.8) is 0 Å². The monoisotopic (exact) mass is 377 g/mol. The average molecular weight is 378 g/mol. The fraction of sp³-hybridized carbons (Fsp3) is 0.211. The van der Waals surface area contributed by atoms with Crippen LogP contribution in [0.4, 0.5) is 19.0 Å². The van der Waals surface area contributed by atoms with Crippen LogP contribution >= 0.6 is 11.6 Å². The second-order valence-corrected chi connectivity index (χ2v) is 6.70. The number of anilines is 1. The Labute approximate surface area is 153 Å². The molecule has 4 rings (SSSR count). The third-order valence-electron chi connectivity index (χ3n) is 4.44. The summed E-state index contributed by atoms with van der Waals surface area (Å²) in [4.78, 5) is 0. The van der Waals surface area contributed by atoms with Crippen LogP contribution in [-0.2, 0) is 12.6 Å². The van der Waals surface area contributed by atoms with Gasteiger partial charge in [-0.1, -0.05) is 29.8 Å². The summed E-state index contributed by atoms with van der Waals surface area (Å²) in [5, 5.41) is 7.58. The van der Waals surface area contributed by atoms with E-state index in [9.17, 15) is 13.2 Å². The van der Waals surface area contributed by atoms with Crippen molar-refractivity contribution in [1.82, 2.24) is 9.78 Å². The number of fused-ring (bicyclic) bond motifs is 1. The molecule has 0 saturated heterocycles. The number of aromatic nitrogens is 2. The van der Waals surface area contributed by atoms with Gasteiger partial charge in [-0.2, -0.15) is 18.3 Å². The van der Waals surface area contributed by atoms with Crippen molar-refractivity contribution in [2.75, 3.05) is 11.9 Å². The minimum absolute atomic E-state index is 0.311. The van der Waals surface area contributed by atoms with Crippen LogP contribution in [0.15, 0.2) is 42.5 Å². The summed E-state index contributed by atoms with van der Waals surface area (Å²) < 4.78 is 41.4. The quantitative estimate of drug-likeness (QED) is 0.640. The minimum atomic E-state index is -4.51. The van der Waals surface area contributed by atoms with Gasteiger partial charge in [0.2, 0.25) is 0 Å². The van der Waals surface area contributed by atoms with E-state index in [4.69, 9.17) is 11.6 Å². The van der Waals surface area contributed by atoms with Crippen LogP contribution in [0.3, 0.4) is 0 Å². The van der Waals surface area contributed by atoms with E-state index in [1.54, 1.807) is 10.7 Å². The molecule has 2 heterocycles. The highest BCUT2D eigenvalue weighted by Crippen LogP contribution is 2.40. The number of hydrogen-bond donors (Lipinski definition) is 1. The standard InChI is InChI=1S/C19H15ClF3N3/c1-11-3-2-4-13(9-11)26-18-14(7-8-24-18)17(25-26)12-5-6-16(20)15(10-12)19(21,22)23/h2-6,9-10,24H,7-8H2,1H3. The number of benzene rings is 2. The van der Waals surface area contributed by atoms with Crippen LogP contribution in [0, 0.1) is 6.92 Å². The average Bonchev–Trinajstić information content (AvgIpc) is 3.16. The first-order chi connectivity index (χ1) is 12.3. The Balaban J connectivity index is 1.88. The van der Waals surface area contributed by atoms with Gasteiger partial charge in [-0.15, -0.1) is 0 Å². The van der Waals surface area contributed by atoms with E-state index in [0.29, 0.717) is 17.7 Å². The van der Waals surface area contributed by atoms with Crippen LogP contribution in [0.1, 0.15) is 16.7 Å². The number of halogens is 4. The molecule has 0 radical (unpaired) electrons. The lowest BCUT2D eigenvalue weighted by molar-refractivity contribution is -0.137. The third kappa shape index (κ3) is 2.84. The zero-order valence-corrected chi connectivity index (χ0v) is 14.6. The molecule has 1 aromatic heterocycles. The zero-order valence-electron chi connectivity index (χ0n) is 13.9. The number of nitrogens with one attached hydrogen (secondary N) is 1. The summed E-state index contributed by atoms with van der Waals surface area (Å²) in [6, 6.07) is 11.8. The van der Waals surface area contributed by atoms with Crippen molar-refractivity contribution >= 4 is 17.4 Å². The largest absolute Gasteiger partial charge is 0.417 e. The Morgan fingerprint density at radius 1 is 1.15 bits per heavy atom. The second kappa shape index (κ2) is 6.06. The molecule has 1 aliphatic rings. The molecule has 0 aliphatic carbocycles. The van der Waals surface area contributed by atoms with Crippen LogP contribution in [-0.4, -0.2) is 16.3 Å². The number of rotatable bonds is 2. The number of nitrogens with zero attached hydrogens (tertiary/aromatic N) is 2. The molecule has 0 bridgehead atoms. The molecule has 7 heteroatoms. The van der Waals surface area contributed by atoms with Gasteiger partial charge in [0.05, 0.1) is 22.0 Å². The number of alkyl halides is 3. The summed E-state index contributed by atoms with van der Waals surface area (Å²) >= 11 is 5.75. The normalized spacial score (nSPS) is 13.6. The Morgan fingerprint density at radius 2 is 1.96 bits per heavy atom. The van der Waals surface area contributed by atoms with Gasteiger partial charge < -0.3 is 5.32 Å². The van der Waals surface area contributed by atoms with Crippen molar-refractivity contribution in [1.29, 1.82) is 0 Å². The van der Waals surface area contributed by atoms with Crippen LogP contribution < -0.4 is 5.32 Å². The van der Waals surface area contributed by atoms with E-state index in [-0.39, 0.29) is 5.02 Å². The van der Waals surface area contributed by atoms with Gasteiger partial charge in [-0.3, -0.25) is 0 Å². The molecule has 2 aromatic carbocycles. The molecule has 134 valence electrons. The Hall–Kier alpha value is -2.47. The maximum absolute atomic E-state index is 13.2. The zero-order chi connectivity index (χ0) is 18.5. The molecule has 0 unspecified atom stereocenters. The fourth-order valence-electron chi connectivity index (χ4n) is 3.24. The summed E-state index contributed by atoms with van der Waals surface area (Å²) in [7, 11) is 0. The van der Waals surface area contributed by atoms with Crippen molar-refractivity contribution in [3.8, 4) is 16.9 Å². The van der Waals surface area contributed by atoms with Gasteiger partial charge in [-0.05, 0) is 43.2 Å². The summed E-state index contributed by atoms with van der Waals surface area (Å²) in [5.41, 5.74) is 2.98. The molecule has 3 aromatic rings. The lowest BCUT2D eigenvalue weighted by Gasteiger charge is -2.10. The first-order valence-corrected chi connectivity index (χ1v) is 8.52. The Morgan fingerprint density at radius 3 is 2.69 bits per heavy atom. The topological polar surface area (TPSA) is 29.9 Å². The molecular formula is C19H15ClF3N3. The highest BCUT2D eigenvalue weighted by molar-refractivity contribution is 6.31. The van der Waals surface area contributed by atoms with Crippen molar-refractivity contribution < 1.29 is 13.2 Å². The van der Waals surface area contributed by atoms with Crippen LogP contribution in [0.5, 0.6) is 0 Å². The highest BCUT2D eigenvalue weighted by atomic mass is 35.5. The lowest BCUT2D eigenvalue weighted by Crippen LogP contribution is -2.06. The third-order valence-corrected chi connectivity index (χ3v) is 4.77. The summed E-state index contributed by atoms with van der Waals surface area (Å²) in [6.07, 6.45) is -3.80. The van der Waals surface area contributed by atoms with Gasteiger partial charge in [0.1, 0.15) is 5.82 Å². The molecule has 26 heavy (non-hydrogen) atoms. The van der Waals surface area contributed by atoms with Crippen molar-refractivity contribution in [3.05, 3.63) is 64.2 Å². The smallest absolute Gasteiger partial charge is 0.369 e. The highest BCUT2D eigenvalue weighted by Gasteiger charge is 2.34. The molecule has 0 spiro atoms. The van der Waals surface area contributed by atoms with E-state index in [0.717, 1.165) is 35.2 Å². The lowest BCUT2D eigenvalue weighted by atomic mass is 10.0. The SMILES string of the molecule is Cc1cccc(-n2nc(-c3ccc(Cl)c(C(F)(F)F)c3)c3c2NCC3)c1. The number of aryl methyl sites for hydroxylation is 1. The molecule has 1 aliphatic heterocycles.